The van der Waals surface area contributed by atoms with Crippen molar-refractivity contribution in [1.29, 1.82) is 0 Å². The summed E-state index contributed by atoms with van der Waals surface area (Å²) in [7, 11) is -8.41. The van der Waals surface area contributed by atoms with E-state index in [4.69, 9.17) is 9.84 Å². The van der Waals surface area contributed by atoms with Gasteiger partial charge in [0.05, 0.1) is 33.2 Å². The molecular formula is C21H23F3N2O7S2. The predicted molar refractivity (Wildman–Crippen MR) is 122 cm³/mol. The number of alkyl halides is 3. The van der Waals surface area contributed by atoms with E-state index in [1.54, 1.807) is 0 Å². The molecule has 3 rings (SSSR count). The lowest BCUT2D eigenvalue weighted by molar-refractivity contribution is -0.137. The van der Waals surface area contributed by atoms with Crippen LogP contribution >= 0.6 is 0 Å². The van der Waals surface area contributed by atoms with Gasteiger partial charge >= 0.3 is 12.3 Å². The zero-order chi connectivity index (χ0) is 26.4. The predicted octanol–water partition coefficient (Wildman–Crippen LogP) is 3.96. The number of fused-ring (bicyclic) bond motifs is 1. The van der Waals surface area contributed by atoms with Crippen molar-refractivity contribution in [3.05, 3.63) is 48.0 Å². The zero-order valence-electron chi connectivity index (χ0n) is 18.8. The molecule has 1 unspecified atom stereocenters. The van der Waals surface area contributed by atoms with E-state index in [0.29, 0.717) is 6.07 Å². The third kappa shape index (κ3) is 5.64. The van der Waals surface area contributed by atoms with Crippen molar-refractivity contribution in [3.63, 3.8) is 0 Å². The van der Waals surface area contributed by atoms with Crippen molar-refractivity contribution in [3.8, 4) is 5.75 Å². The molecule has 9 nitrogen and oxygen atoms in total. The number of carboxylic acid groups (broad SMARTS) is 1. The lowest BCUT2D eigenvalue weighted by Crippen LogP contribution is -2.48. The van der Waals surface area contributed by atoms with Crippen LogP contribution < -0.4 is 14.4 Å². The van der Waals surface area contributed by atoms with E-state index in [1.807, 2.05) is 0 Å². The Morgan fingerprint density at radius 2 is 1.77 bits per heavy atom. The molecule has 0 fully saturated rings. The SMILES string of the molecule is CC(C)(C)S(=O)(=O)CC1CN(S(=O)(=O)c2cccc(C(F)(F)F)c2)c2cc(NC(=O)O)ccc2O1. The molecule has 2 N–H and O–H groups in total. The minimum Gasteiger partial charge on any atom is -0.485 e. The Morgan fingerprint density at radius 3 is 2.34 bits per heavy atom. The summed E-state index contributed by atoms with van der Waals surface area (Å²) < 4.78 is 97.4. The molecule has 0 aliphatic carbocycles. The number of sulfone groups is 1. The Morgan fingerprint density at radius 1 is 1.11 bits per heavy atom. The number of benzene rings is 2. The zero-order valence-corrected chi connectivity index (χ0v) is 20.5. The van der Waals surface area contributed by atoms with Crippen LogP contribution in [-0.2, 0) is 26.0 Å². The summed E-state index contributed by atoms with van der Waals surface area (Å²) in [6.07, 6.45) is -7.40. The van der Waals surface area contributed by atoms with E-state index >= 15 is 0 Å². The maximum absolute atomic E-state index is 13.5. The topological polar surface area (TPSA) is 130 Å². The number of hydrogen-bond acceptors (Lipinski definition) is 6. The molecule has 0 radical (unpaired) electrons. The van der Waals surface area contributed by atoms with E-state index in [-0.39, 0.29) is 17.1 Å². The monoisotopic (exact) mass is 536 g/mol. The normalized spacial score (nSPS) is 16.9. The fourth-order valence-electron chi connectivity index (χ4n) is 3.28. The first-order valence-electron chi connectivity index (χ1n) is 10.1. The van der Waals surface area contributed by atoms with Gasteiger partial charge in [-0.1, -0.05) is 6.07 Å². The molecule has 1 atom stereocenters. The van der Waals surface area contributed by atoms with Gasteiger partial charge in [-0.25, -0.2) is 21.6 Å². The second kappa shape index (κ2) is 8.90. The van der Waals surface area contributed by atoms with E-state index in [1.165, 1.54) is 32.9 Å². The first kappa shape index (κ1) is 26.6. The minimum absolute atomic E-state index is 0.0233. The quantitative estimate of drug-likeness (QED) is 0.592. The number of ether oxygens (including phenoxy) is 1. The summed E-state index contributed by atoms with van der Waals surface area (Å²) in [5.74, 6) is -0.628. The van der Waals surface area contributed by atoms with Crippen LogP contribution in [-0.4, -0.2) is 51.2 Å². The lowest BCUT2D eigenvalue weighted by Gasteiger charge is -2.36. The largest absolute Gasteiger partial charge is 0.485 e. The highest BCUT2D eigenvalue weighted by Gasteiger charge is 2.40. The van der Waals surface area contributed by atoms with Crippen LogP contribution in [0.15, 0.2) is 47.4 Å². The second-order valence-corrected chi connectivity index (χ2v) is 13.5. The van der Waals surface area contributed by atoms with Gasteiger partial charge in [0.25, 0.3) is 10.0 Å². The molecule has 1 amide bonds. The van der Waals surface area contributed by atoms with Gasteiger partial charge in [-0.2, -0.15) is 13.2 Å². The van der Waals surface area contributed by atoms with Crippen molar-refractivity contribution >= 4 is 37.3 Å². The van der Waals surface area contributed by atoms with Crippen LogP contribution in [0.2, 0.25) is 0 Å². The molecule has 35 heavy (non-hydrogen) atoms. The number of nitrogens with one attached hydrogen (secondary N) is 1. The Balaban J connectivity index is 2.12. The molecule has 2 aromatic carbocycles. The fourth-order valence-corrected chi connectivity index (χ4v) is 5.99. The van der Waals surface area contributed by atoms with Crippen molar-refractivity contribution < 1.29 is 44.6 Å². The van der Waals surface area contributed by atoms with Gasteiger partial charge in [-0.3, -0.25) is 9.62 Å². The number of nitrogens with zero attached hydrogens (tertiary/aromatic N) is 1. The van der Waals surface area contributed by atoms with Crippen LogP contribution in [0, 0.1) is 0 Å². The first-order valence-corrected chi connectivity index (χ1v) is 13.2. The number of hydrogen-bond donors (Lipinski definition) is 2. The fraction of sp³-hybridized carbons (Fsp3) is 0.381. The first-order chi connectivity index (χ1) is 15.9. The Labute approximate surface area is 200 Å². The average Bonchev–Trinajstić information content (AvgIpc) is 2.71. The van der Waals surface area contributed by atoms with Crippen LogP contribution in [0.5, 0.6) is 5.75 Å². The summed E-state index contributed by atoms with van der Waals surface area (Å²) in [4.78, 5) is 10.4. The average molecular weight is 537 g/mol. The molecule has 0 spiro atoms. The number of halogens is 3. The molecule has 2 aromatic rings. The summed E-state index contributed by atoms with van der Waals surface area (Å²) >= 11 is 0. The summed E-state index contributed by atoms with van der Waals surface area (Å²) in [6, 6.07) is 6.81. The van der Waals surface area contributed by atoms with Gasteiger partial charge in [0.2, 0.25) is 0 Å². The van der Waals surface area contributed by atoms with E-state index in [0.717, 1.165) is 28.6 Å². The van der Waals surface area contributed by atoms with Crippen LogP contribution in [0.25, 0.3) is 0 Å². The number of amides is 1. The smallest absolute Gasteiger partial charge is 0.416 e. The van der Waals surface area contributed by atoms with Crippen molar-refractivity contribution in [2.75, 3.05) is 21.9 Å². The summed E-state index contributed by atoms with van der Waals surface area (Å²) in [5, 5.41) is 11.0. The van der Waals surface area contributed by atoms with Gasteiger partial charge in [-0.05, 0) is 57.2 Å². The molecule has 192 valence electrons. The molecule has 0 aromatic heterocycles. The van der Waals surface area contributed by atoms with Crippen molar-refractivity contribution in [1.82, 2.24) is 0 Å². The number of sulfonamides is 1. The molecule has 1 aliphatic heterocycles. The maximum atomic E-state index is 13.5. The van der Waals surface area contributed by atoms with E-state index in [9.17, 15) is 34.8 Å². The summed E-state index contributed by atoms with van der Waals surface area (Å²) in [6.45, 7) is 3.89. The van der Waals surface area contributed by atoms with E-state index < -0.39 is 65.7 Å². The Bertz CT molecular complexity index is 1350. The third-order valence-corrected chi connectivity index (χ3v) is 9.68. The molecule has 0 saturated carbocycles. The van der Waals surface area contributed by atoms with Crippen LogP contribution in [0.3, 0.4) is 0 Å². The number of carbonyl (C=O) groups is 1. The maximum Gasteiger partial charge on any atom is 0.416 e. The Hall–Kier alpha value is -3.00. The highest BCUT2D eigenvalue weighted by atomic mass is 32.2. The van der Waals surface area contributed by atoms with Gasteiger partial charge in [0.15, 0.2) is 9.84 Å². The highest BCUT2D eigenvalue weighted by molar-refractivity contribution is 7.93. The van der Waals surface area contributed by atoms with Crippen molar-refractivity contribution in [2.24, 2.45) is 0 Å². The van der Waals surface area contributed by atoms with Gasteiger partial charge in [0, 0.05) is 5.69 Å². The number of anilines is 2. The Kier molecular flexibility index (Phi) is 6.76. The number of rotatable bonds is 5. The van der Waals surface area contributed by atoms with Gasteiger partial charge in [0.1, 0.15) is 11.9 Å². The molecule has 0 saturated heterocycles. The molecule has 0 bridgehead atoms. The third-order valence-electron chi connectivity index (χ3n) is 5.23. The van der Waals surface area contributed by atoms with Gasteiger partial charge < -0.3 is 9.84 Å². The van der Waals surface area contributed by atoms with Crippen LogP contribution in [0.1, 0.15) is 26.3 Å². The lowest BCUT2D eigenvalue weighted by atomic mass is 10.2. The van der Waals surface area contributed by atoms with E-state index in [2.05, 4.69) is 5.32 Å². The molecule has 14 heteroatoms. The second-order valence-electron chi connectivity index (χ2n) is 8.81. The minimum atomic E-state index is -4.80. The summed E-state index contributed by atoms with van der Waals surface area (Å²) in [5.41, 5.74) is -1.36. The molecule has 1 heterocycles. The van der Waals surface area contributed by atoms with Crippen LogP contribution in [0.4, 0.5) is 29.3 Å². The highest BCUT2D eigenvalue weighted by Crippen LogP contribution is 2.40. The molecular weight excluding hydrogens is 513 g/mol. The molecule has 1 aliphatic rings. The standard InChI is InChI=1S/C21H23F3N2O7S2/c1-20(2,3)34(29,30)12-15-11-26(17-10-14(25-19(27)28)7-8-18(17)33-15)35(31,32)16-6-4-5-13(9-16)21(22,23)24/h4-10,15,25H,11-12H2,1-3H3,(H,27,28). The van der Waals surface area contributed by atoms with Crippen molar-refractivity contribution in [2.45, 2.75) is 42.7 Å². The van der Waals surface area contributed by atoms with Gasteiger partial charge in [-0.15, -0.1) is 0 Å².